The number of rotatable bonds is 12. The number of hydrogen-bond donors (Lipinski definition) is 1. The highest BCUT2D eigenvalue weighted by molar-refractivity contribution is 5.81. The Balaban J connectivity index is 1.55. The number of carbonyl (C=O) groups is 1. The molecule has 6 heteroatoms. The van der Waals surface area contributed by atoms with Crippen LogP contribution in [-0.2, 0) is 14.3 Å². The Morgan fingerprint density at radius 1 is 1.15 bits per heavy atom. The third kappa shape index (κ3) is 6.41. The highest BCUT2D eigenvalue weighted by Gasteiger charge is 2.25. The number of nitrogens with zero attached hydrogens (tertiary/aromatic N) is 2. The van der Waals surface area contributed by atoms with Crippen LogP contribution in [-0.4, -0.2) is 55.3 Å². The van der Waals surface area contributed by atoms with E-state index >= 15 is 0 Å². The fourth-order valence-electron chi connectivity index (χ4n) is 4.50. The number of aromatic nitrogens is 1. The van der Waals surface area contributed by atoms with E-state index in [0.29, 0.717) is 6.42 Å². The summed E-state index contributed by atoms with van der Waals surface area (Å²) in [4.78, 5) is 15.2. The standard InChI is InChI=1S/C27H39N3O3/c1-5-10-21-19-22(11-14-26(21)33-4)27(31)29(6-2)18-9-15-28-24-20-23(32-3)12-13-25(24)30-16-7-8-17-30/h7-8,13-14,16-17,19-20,22-23,28H,5-6,9-12,15,18H2,1-4H3. The average Bonchev–Trinajstić information content (AvgIpc) is 3.38. The summed E-state index contributed by atoms with van der Waals surface area (Å²) in [6, 6.07) is 4.06. The molecule has 33 heavy (non-hydrogen) atoms. The number of amides is 1. The second-order valence-electron chi connectivity index (χ2n) is 8.52. The van der Waals surface area contributed by atoms with Gasteiger partial charge in [0, 0.05) is 39.1 Å². The van der Waals surface area contributed by atoms with Gasteiger partial charge in [-0.1, -0.05) is 25.5 Å². The van der Waals surface area contributed by atoms with Crippen LogP contribution in [0.15, 0.2) is 65.9 Å². The van der Waals surface area contributed by atoms with Gasteiger partial charge in [-0.25, -0.2) is 0 Å². The van der Waals surface area contributed by atoms with Gasteiger partial charge in [-0.2, -0.15) is 0 Å². The lowest BCUT2D eigenvalue weighted by molar-refractivity contribution is -0.133. The normalized spacial score (nSPS) is 20.4. The maximum absolute atomic E-state index is 13.2. The fraction of sp³-hybridized carbons (Fsp3) is 0.519. The van der Waals surface area contributed by atoms with E-state index in [2.05, 4.69) is 60.4 Å². The number of hydrogen-bond acceptors (Lipinski definition) is 4. The van der Waals surface area contributed by atoms with Crippen LogP contribution in [0.2, 0.25) is 0 Å². The monoisotopic (exact) mass is 453 g/mol. The Labute approximate surface area is 198 Å². The van der Waals surface area contributed by atoms with Gasteiger partial charge in [0.05, 0.1) is 30.5 Å². The zero-order chi connectivity index (χ0) is 23.6. The van der Waals surface area contributed by atoms with Gasteiger partial charge in [0.1, 0.15) is 5.76 Å². The quantitative estimate of drug-likeness (QED) is 0.465. The average molecular weight is 454 g/mol. The molecule has 0 bridgehead atoms. The summed E-state index contributed by atoms with van der Waals surface area (Å²) in [7, 11) is 3.45. The zero-order valence-electron chi connectivity index (χ0n) is 20.5. The Morgan fingerprint density at radius 3 is 2.61 bits per heavy atom. The molecule has 0 aliphatic heterocycles. The van der Waals surface area contributed by atoms with Crippen molar-refractivity contribution in [1.29, 1.82) is 0 Å². The van der Waals surface area contributed by atoms with Crippen LogP contribution >= 0.6 is 0 Å². The van der Waals surface area contributed by atoms with Crippen molar-refractivity contribution in [2.75, 3.05) is 33.9 Å². The third-order valence-electron chi connectivity index (χ3n) is 6.30. The van der Waals surface area contributed by atoms with Gasteiger partial charge in [-0.05, 0) is 62.5 Å². The first-order chi connectivity index (χ1) is 16.1. The van der Waals surface area contributed by atoms with Gasteiger partial charge < -0.3 is 24.3 Å². The van der Waals surface area contributed by atoms with E-state index in [1.54, 1.807) is 14.2 Å². The smallest absolute Gasteiger partial charge is 0.229 e. The Morgan fingerprint density at radius 2 is 1.94 bits per heavy atom. The van der Waals surface area contributed by atoms with E-state index in [1.165, 1.54) is 0 Å². The molecular weight excluding hydrogens is 414 g/mol. The van der Waals surface area contributed by atoms with Crippen molar-refractivity contribution in [3.05, 3.63) is 65.9 Å². The minimum atomic E-state index is -0.0925. The molecule has 1 heterocycles. The zero-order valence-corrected chi connectivity index (χ0v) is 20.5. The van der Waals surface area contributed by atoms with E-state index in [4.69, 9.17) is 9.47 Å². The predicted molar refractivity (Wildman–Crippen MR) is 133 cm³/mol. The van der Waals surface area contributed by atoms with Crippen molar-refractivity contribution in [2.45, 2.75) is 52.1 Å². The second kappa shape index (κ2) is 12.5. The lowest BCUT2D eigenvalue weighted by Gasteiger charge is -2.28. The van der Waals surface area contributed by atoms with Crippen LogP contribution < -0.4 is 5.32 Å². The Hall–Kier alpha value is -2.73. The molecule has 6 nitrogen and oxygen atoms in total. The van der Waals surface area contributed by atoms with Crippen LogP contribution in [0.4, 0.5) is 0 Å². The molecule has 0 aromatic carbocycles. The topological polar surface area (TPSA) is 55.7 Å². The maximum Gasteiger partial charge on any atom is 0.229 e. The molecule has 0 radical (unpaired) electrons. The van der Waals surface area contributed by atoms with Crippen LogP contribution in [0.5, 0.6) is 0 Å². The molecule has 2 aliphatic carbocycles. The van der Waals surface area contributed by atoms with Gasteiger partial charge in [0.2, 0.25) is 5.91 Å². The number of allylic oxidation sites excluding steroid dienone is 3. The molecule has 0 fully saturated rings. The van der Waals surface area contributed by atoms with Gasteiger partial charge in [-0.3, -0.25) is 4.79 Å². The summed E-state index contributed by atoms with van der Waals surface area (Å²) in [5.74, 6) is 1.04. The minimum Gasteiger partial charge on any atom is -0.497 e. The first-order valence-electron chi connectivity index (χ1n) is 12.2. The van der Waals surface area contributed by atoms with Crippen LogP contribution in [0.25, 0.3) is 5.70 Å². The molecule has 180 valence electrons. The lowest BCUT2D eigenvalue weighted by Crippen LogP contribution is -2.37. The van der Waals surface area contributed by atoms with E-state index in [0.717, 1.165) is 68.0 Å². The first-order valence-corrected chi connectivity index (χ1v) is 12.2. The first kappa shape index (κ1) is 24.9. The molecule has 1 N–H and O–H groups in total. The van der Waals surface area contributed by atoms with Crippen LogP contribution in [0.1, 0.15) is 46.0 Å². The van der Waals surface area contributed by atoms with Crippen LogP contribution in [0.3, 0.4) is 0 Å². The lowest BCUT2D eigenvalue weighted by atomic mass is 9.91. The number of methoxy groups -OCH3 is 2. The van der Waals surface area contributed by atoms with Gasteiger partial charge >= 0.3 is 0 Å². The molecule has 0 saturated carbocycles. The Kier molecular flexibility index (Phi) is 9.43. The van der Waals surface area contributed by atoms with Crippen molar-refractivity contribution in [3.8, 4) is 0 Å². The van der Waals surface area contributed by atoms with E-state index < -0.39 is 0 Å². The highest BCUT2D eigenvalue weighted by Crippen LogP contribution is 2.28. The Bertz CT molecular complexity index is 896. The molecule has 0 spiro atoms. The highest BCUT2D eigenvalue weighted by atomic mass is 16.5. The summed E-state index contributed by atoms with van der Waals surface area (Å²) in [6.45, 7) is 6.45. The SMILES string of the molecule is CCCC1=CC(C(=O)N(CC)CCCNC2=CC(OC)CC=C2n2cccc2)CC=C1OC. The van der Waals surface area contributed by atoms with Crippen molar-refractivity contribution in [3.63, 3.8) is 0 Å². The molecule has 1 amide bonds. The number of ether oxygens (including phenoxy) is 2. The van der Waals surface area contributed by atoms with Crippen molar-refractivity contribution >= 4 is 11.6 Å². The molecule has 2 unspecified atom stereocenters. The van der Waals surface area contributed by atoms with Crippen LogP contribution in [0, 0.1) is 5.92 Å². The van der Waals surface area contributed by atoms with E-state index in [1.807, 2.05) is 17.0 Å². The minimum absolute atomic E-state index is 0.0842. The molecule has 1 aromatic heterocycles. The number of nitrogens with one attached hydrogen (secondary N) is 1. The summed E-state index contributed by atoms with van der Waals surface area (Å²) < 4.78 is 13.2. The van der Waals surface area contributed by atoms with E-state index in [-0.39, 0.29) is 17.9 Å². The molecule has 2 atom stereocenters. The molecule has 1 aromatic rings. The molecular formula is C27H39N3O3. The largest absolute Gasteiger partial charge is 0.497 e. The maximum atomic E-state index is 13.2. The predicted octanol–water partition coefficient (Wildman–Crippen LogP) is 4.74. The van der Waals surface area contributed by atoms with Crippen molar-refractivity contribution < 1.29 is 14.3 Å². The fourth-order valence-corrected chi connectivity index (χ4v) is 4.50. The molecule has 2 aliphatic rings. The van der Waals surface area contributed by atoms with Gasteiger partial charge in [0.15, 0.2) is 0 Å². The second-order valence-corrected chi connectivity index (χ2v) is 8.52. The summed E-state index contributed by atoms with van der Waals surface area (Å²) in [6.07, 6.45) is 17.2. The molecule has 0 saturated heterocycles. The van der Waals surface area contributed by atoms with E-state index in [9.17, 15) is 4.79 Å². The number of carbonyl (C=O) groups excluding carboxylic acids is 1. The third-order valence-corrected chi connectivity index (χ3v) is 6.30. The molecule has 3 rings (SSSR count). The van der Waals surface area contributed by atoms with Crippen molar-refractivity contribution in [2.24, 2.45) is 5.92 Å². The summed E-state index contributed by atoms with van der Waals surface area (Å²) in [5.41, 5.74) is 3.38. The summed E-state index contributed by atoms with van der Waals surface area (Å²) in [5, 5.41) is 3.58. The summed E-state index contributed by atoms with van der Waals surface area (Å²) >= 11 is 0. The van der Waals surface area contributed by atoms with Crippen molar-refractivity contribution in [1.82, 2.24) is 14.8 Å². The van der Waals surface area contributed by atoms with Gasteiger partial charge in [0.25, 0.3) is 0 Å². The van der Waals surface area contributed by atoms with Gasteiger partial charge in [-0.15, -0.1) is 0 Å².